The lowest BCUT2D eigenvalue weighted by Gasteiger charge is -2.21. The summed E-state index contributed by atoms with van der Waals surface area (Å²) < 4.78 is 17.6. The zero-order chi connectivity index (χ0) is 17.4. The molecule has 2 heterocycles. The molecule has 1 N–H and O–H groups in total. The minimum atomic E-state index is -0.686. The number of nitrogens with one attached hydrogen (secondary N) is 1. The highest BCUT2D eigenvalue weighted by Gasteiger charge is 2.53. The van der Waals surface area contributed by atoms with Gasteiger partial charge in [0.15, 0.2) is 5.79 Å². The zero-order valence-electron chi connectivity index (χ0n) is 13.8. The van der Waals surface area contributed by atoms with Crippen molar-refractivity contribution >= 4 is 21.9 Å². The maximum Gasteiger partial charge on any atom is 0.309 e. The monoisotopic (exact) mass is 406 g/mol. The van der Waals surface area contributed by atoms with Crippen LogP contribution in [0.25, 0.3) is 11.3 Å². The van der Waals surface area contributed by atoms with E-state index in [4.69, 9.17) is 14.2 Å². The van der Waals surface area contributed by atoms with E-state index in [9.17, 15) is 4.79 Å². The van der Waals surface area contributed by atoms with Gasteiger partial charge in [-0.25, -0.2) is 4.98 Å². The maximum atomic E-state index is 12.3. The molecular weight excluding hydrogens is 388 g/mol. The number of aromatic amines is 1. The van der Waals surface area contributed by atoms with E-state index in [2.05, 4.69) is 25.9 Å². The molecule has 1 aliphatic carbocycles. The molecule has 1 aromatic heterocycles. The summed E-state index contributed by atoms with van der Waals surface area (Å²) in [5, 5.41) is 0. The molecule has 0 unspecified atom stereocenters. The van der Waals surface area contributed by atoms with Crippen molar-refractivity contribution in [3.8, 4) is 11.3 Å². The van der Waals surface area contributed by atoms with E-state index in [0.29, 0.717) is 26.1 Å². The third-order valence-corrected chi connectivity index (χ3v) is 5.50. The van der Waals surface area contributed by atoms with Crippen molar-refractivity contribution in [2.45, 2.75) is 24.5 Å². The minimum Gasteiger partial charge on any atom is -0.469 e. The first-order valence-corrected chi connectivity index (χ1v) is 9.06. The molecule has 1 saturated heterocycles. The van der Waals surface area contributed by atoms with E-state index in [1.54, 1.807) is 6.20 Å². The van der Waals surface area contributed by atoms with Gasteiger partial charge in [0.25, 0.3) is 0 Å². The van der Waals surface area contributed by atoms with Crippen LogP contribution in [0.1, 0.15) is 24.6 Å². The predicted octanol–water partition coefficient (Wildman–Crippen LogP) is 3.25. The van der Waals surface area contributed by atoms with Crippen LogP contribution in [0, 0.1) is 5.92 Å². The van der Waals surface area contributed by atoms with Crippen LogP contribution < -0.4 is 0 Å². The van der Waals surface area contributed by atoms with E-state index < -0.39 is 5.79 Å². The molecule has 1 aromatic carbocycles. The topological polar surface area (TPSA) is 73.4 Å². The molecule has 0 bridgehead atoms. The average Bonchev–Trinajstić information content (AvgIpc) is 3.35. The van der Waals surface area contributed by atoms with Gasteiger partial charge in [-0.1, -0.05) is 28.1 Å². The van der Waals surface area contributed by atoms with E-state index in [1.807, 2.05) is 24.3 Å². The molecule has 4 rings (SSSR count). The number of halogens is 1. The quantitative estimate of drug-likeness (QED) is 0.791. The second kappa shape index (κ2) is 6.55. The summed E-state index contributed by atoms with van der Waals surface area (Å²) in [4.78, 5) is 20.2. The molecule has 2 atom stereocenters. The first-order chi connectivity index (χ1) is 12.1. The Labute approximate surface area is 154 Å². The minimum absolute atomic E-state index is 0.116. The molecule has 25 heavy (non-hydrogen) atoms. The van der Waals surface area contributed by atoms with Gasteiger partial charge in [-0.15, -0.1) is 0 Å². The van der Waals surface area contributed by atoms with Crippen molar-refractivity contribution in [2.24, 2.45) is 5.92 Å². The summed E-state index contributed by atoms with van der Waals surface area (Å²) >= 11 is 3.44. The number of aromatic nitrogens is 2. The number of carbonyl (C=O) groups is 1. The van der Waals surface area contributed by atoms with Crippen LogP contribution in [0.3, 0.4) is 0 Å². The Bertz CT molecular complexity index is 768. The first kappa shape index (κ1) is 16.8. The summed E-state index contributed by atoms with van der Waals surface area (Å²) in [6.45, 7) is 1.12. The lowest BCUT2D eigenvalue weighted by atomic mass is 9.95. The van der Waals surface area contributed by atoms with Gasteiger partial charge in [0, 0.05) is 23.2 Å². The fraction of sp³-hybridized carbons (Fsp3) is 0.444. The highest BCUT2D eigenvalue weighted by Crippen LogP contribution is 2.49. The van der Waals surface area contributed by atoms with Crippen LogP contribution in [0.2, 0.25) is 0 Å². The van der Waals surface area contributed by atoms with Crippen molar-refractivity contribution < 1.29 is 19.0 Å². The molecule has 2 aliphatic rings. The summed E-state index contributed by atoms with van der Waals surface area (Å²) in [5.41, 5.74) is 1.96. The molecule has 0 amide bonds. The standard InChI is InChI=1S/C18H19BrN2O4/c1-23-17(22)14-9-18(24-6-7-25-18)8-13(14)16-20-10-15(21-16)11-2-4-12(19)5-3-11/h2-5,10,13-14H,6-9H2,1H3,(H,20,21)/t13-,14-/m1/s1. The highest BCUT2D eigenvalue weighted by atomic mass is 79.9. The van der Waals surface area contributed by atoms with Gasteiger partial charge < -0.3 is 19.2 Å². The zero-order valence-corrected chi connectivity index (χ0v) is 15.4. The number of imidazole rings is 1. The van der Waals surface area contributed by atoms with E-state index in [1.165, 1.54) is 7.11 Å². The maximum absolute atomic E-state index is 12.3. The molecule has 1 aliphatic heterocycles. The Kier molecular flexibility index (Phi) is 4.39. The molecule has 2 fully saturated rings. The Morgan fingerprint density at radius 3 is 2.68 bits per heavy atom. The number of ether oxygens (including phenoxy) is 3. The van der Waals surface area contributed by atoms with Crippen LogP contribution in [0.15, 0.2) is 34.9 Å². The number of carbonyl (C=O) groups excluding carboxylic acids is 1. The van der Waals surface area contributed by atoms with Crippen LogP contribution in [0.4, 0.5) is 0 Å². The Hall–Kier alpha value is -1.70. The van der Waals surface area contributed by atoms with Crippen LogP contribution in [0.5, 0.6) is 0 Å². The molecular formula is C18H19BrN2O4. The smallest absolute Gasteiger partial charge is 0.309 e. The normalized spacial score (nSPS) is 24.7. The summed E-state index contributed by atoms with van der Waals surface area (Å²) in [6.07, 6.45) is 2.90. The van der Waals surface area contributed by atoms with Crippen LogP contribution >= 0.6 is 15.9 Å². The highest BCUT2D eigenvalue weighted by molar-refractivity contribution is 9.10. The number of hydrogen-bond donors (Lipinski definition) is 1. The molecule has 2 aromatic rings. The van der Waals surface area contributed by atoms with Crippen LogP contribution in [-0.4, -0.2) is 42.0 Å². The van der Waals surface area contributed by atoms with E-state index >= 15 is 0 Å². The Morgan fingerprint density at radius 1 is 1.28 bits per heavy atom. The van der Waals surface area contributed by atoms with Crippen molar-refractivity contribution in [2.75, 3.05) is 20.3 Å². The molecule has 6 nitrogen and oxygen atoms in total. The average molecular weight is 407 g/mol. The van der Waals surface area contributed by atoms with Gasteiger partial charge in [0.05, 0.1) is 38.1 Å². The van der Waals surface area contributed by atoms with Gasteiger partial charge in [0.2, 0.25) is 0 Å². The second-order valence-electron chi connectivity index (χ2n) is 6.44. The molecule has 1 saturated carbocycles. The number of esters is 1. The van der Waals surface area contributed by atoms with E-state index in [-0.39, 0.29) is 17.8 Å². The number of methoxy groups -OCH3 is 1. The largest absolute Gasteiger partial charge is 0.469 e. The van der Waals surface area contributed by atoms with Crippen molar-refractivity contribution in [3.05, 3.63) is 40.8 Å². The SMILES string of the molecule is COC(=O)[C@@H]1CC2(C[C@H]1c1ncc(-c3ccc(Br)cc3)[nH]1)OCCO2. The number of rotatable bonds is 3. The molecule has 0 radical (unpaired) electrons. The van der Waals surface area contributed by atoms with Gasteiger partial charge in [0.1, 0.15) is 5.82 Å². The Balaban J connectivity index is 1.63. The third kappa shape index (κ3) is 3.12. The van der Waals surface area contributed by atoms with Crippen molar-refractivity contribution in [1.82, 2.24) is 9.97 Å². The van der Waals surface area contributed by atoms with Gasteiger partial charge >= 0.3 is 5.97 Å². The van der Waals surface area contributed by atoms with E-state index in [0.717, 1.165) is 21.6 Å². The lowest BCUT2D eigenvalue weighted by molar-refractivity contribution is -0.161. The third-order valence-electron chi connectivity index (χ3n) is 4.97. The van der Waals surface area contributed by atoms with Crippen LogP contribution in [-0.2, 0) is 19.0 Å². The number of benzene rings is 1. The number of hydrogen-bond acceptors (Lipinski definition) is 5. The summed E-state index contributed by atoms with van der Waals surface area (Å²) in [7, 11) is 1.41. The Morgan fingerprint density at radius 2 is 2.00 bits per heavy atom. The van der Waals surface area contributed by atoms with Gasteiger partial charge in [-0.3, -0.25) is 4.79 Å². The first-order valence-electron chi connectivity index (χ1n) is 8.27. The van der Waals surface area contributed by atoms with Crippen molar-refractivity contribution in [1.29, 1.82) is 0 Å². The fourth-order valence-corrected chi connectivity index (χ4v) is 4.02. The van der Waals surface area contributed by atoms with Gasteiger partial charge in [-0.2, -0.15) is 0 Å². The molecule has 1 spiro atoms. The predicted molar refractivity (Wildman–Crippen MR) is 93.8 cm³/mol. The fourth-order valence-electron chi connectivity index (χ4n) is 3.76. The summed E-state index contributed by atoms with van der Waals surface area (Å²) in [5.74, 6) is -0.609. The van der Waals surface area contributed by atoms with Gasteiger partial charge in [-0.05, 0) is 17.7 Å². The summed E-state index contributed by atoms with van der Waals surface area (Å²) in [6, 6.07) is 7.99. The number of H-pyrrole nitrogens is 1. The second-order valence-corrected chi connectivity index (χ2v) is 7.36. The number of nitrogens with zero attached hydrogens (tertiary/aromatic N) is 1. The lowest BCUT2D eigenvalue weighted by Crippen LogP contribution is -2.27. The molecule has 132 valence electrons. The van der Waals surface area contributed by atoms with Crippen molar-refractivity contribution in [3.63, 3.8) is 0 Å². The molecule has 7 heteroatoms.